The highest BCUT2D eigenvalue weighted by molar-refractivity contribution is 5.85. The first kappa shape index (κ1) is 51.5. The lowest BCUT2D eigenvalue weighted by Gasteiger charge is -2.48. The Morgan fingerprint density at radius 1 is 1.06 bits per heavy atom. The Balaban J connectivity index is 1.37. The second-order valence-corrected chi connectivity index (χ2v) is 19.2. The predicted molar refractivity (Wildman–Crippen MR) is 246 cm³/mol. The van der Waals surface area contributed by atoms with Gasteiger partial charge in [0.15, 0.2) is 17.5 Å². The van der Waals surface area contributed by atoms with Crippen LogP contribution in [-0.4, -0.2) is 151 Å². The number of ketones is 1. The first-order chi connectivity index (χ1) is 31.9. The van der Waals surface area contributed by atoms with Gasteiger partial charge in [0.05, 0.1) is 48.7 Å². The summed E-state index contributed by atoms with van der Waals surface area (Å²) in [6.07, 6.45) is 5.22. The van der Waals surface area contributed by atoms with Gasteiger partial charge in [-0.05, 0) is 78.5 Å². The highest BCUT2D eigenvalue weighted by Crippen LogP contribution is 2.44. The third-order valence-corrected chi connectivity index (χ3v) is 14.3. The number of esters is 2. The highest BCUT2D eigenvalue weighted by Gasteiger charge is 2.60. The van der Waals surface area contributed by atoms with Crippen LogP contribution in [0.4, 0.5) is 4.79 Å². The molecule has 0 aliphatic carbocycles. The summed E-state index contributed by atoms with van der Waals surface area (Å²) in [5.41, 5.74) is -0.777. The number of likely N-dealkylation sites (N-methyl/N-ethyl adjacent to an activating group) is 1. The van der Waals surface area contributed by atoms with Gasteiger partial charge in [-0.25, -0.2) is 19.7 Å². The molecule has 1 amide bonds. The number of carbonyl (C=O) groups is 4. The maximum atomic E-state index is 15.0. The maximum Gasteiger partial charge on any atom is 0.410 e. The van der Waals surface area contributed by atoms with Gasteiger partial charge >= 0.3 is 18.0 Å². The number of nitrogens with zero attached hydrogens (tertiary/aromatic N) is 7. The van der Waals surface area contributed by atoms with Gasteiger partial charge in [0.2, 0.25) is 0 Å². The van der Waals surface area contributed by atoms with Crippen molar-refractivity contribution in [2.75, 3.05) is 27.2 Å². The number of aryl methyl sites for hydroxylation is 1. The zero-order chi connectivity index (χ0) is 48.8. The van der Waals surface area contributed by atoms with Crippen LogP contribution < -0.4 is 0 Å². The fourth-order valence-electron chi connectivity index (χ4n) is 10.7. The monoisotopic (exact) mass is 934 g/mol. The number of ether oxygens (including phenoxy) is 6. The van der Waals surface area contributed by atoms with Crippen molar-refractivity contribution in [1.82, 2.24) is 34.3 Å². The van der Waals surface area contributed by atoms with Crippen molar-refractivity contribution >= 4 is 35.0 Å². The molecule has 14 atom stereocenters. The van der Waals surface area contributed by atoms with Crippen LogP contribution in [0.3, 0.4) is 0 Å². The van der Waals surface area contributed by atoms with E-state index >= 15 is 4.79 Å². The molecule has 0 spiro atoms. The Morgan fingerprint density at radius 3 is 2.49 bits per heavy atom. The van der Waals surface area contributed by atoms with Crippen LogP contribution in [-0.2, 0) is 55.8 Å². The molecule has 3 fully saturated rings. The van der Waals surface area contributed by atoms with Crippen LogP contribution in [0, 0.1) is 23.7 Å². The Bertz CT molecular complexity index is 2180. The number of imidazole rings is 1. The molecule has 0 aromatic carbocycles. The lowest BCUT2D eigenvalue weighted by Crippen LogP contribution is -2.61. The molecule has 18 heteroatoms. The zero-order valence-electron chi connectivity index (χ0n) is 40.8. The van der Waals surface area contributed by atoms with Crippen LogP contribution in [0.1, 0.15) is 93.1 Å². The lowest BCUT2D eigenvalue weighted by atomic mass is 9.73. The molecular formula is C49H71N7O11. The molecule has 3 saturated heterocycles. The quantitative estimate of drug-likeness (QED) is 0.0883. The van der Waals surface area contributed by atoms with Crippen LogP contribution in [0.5, 0.6) is 0 Å². The topological polar surface area (TPSA) is 207 Å². The van der Waals surface area contributed by atoms with Gasteiger partial charge in [-0.15, -0.1) is 6.58 Å². The Labute approximate surface area is 394 Å². The van der Waals surface area contributed by atoms with E-state index in [1.807, 2.05) is 44.2 Å². The fraction of sp³-hybridized carbons (Fsp3) is 0.673. The molecule has 3 aromatic rings. The van der Waals surface area contributed by atoms with E-state index < -0.39 is 89.7 Å². The van der Waals surface area contributed by atoms with E-state index in [0.29, 0.717) is 49.1 Å². The number of unbranched alkanes of at least 4 members (excludes halogenated alkanes) is 1. The number of methoxy groups -OCH3 is 1. The third kappa shape index (κ3) is 11.2. The van der Waals surface area contributed by atoms with Crippen molar-refractivity contribution in [3.8, 4) is 0 Å². The number of aromatic nitrogens is 5. The second-order valence-electron chi connectivity index (χ2n) is 19.2. The van der Waals surface area contributed by atoms with Crippen molar-refractivity contribution < 1.29 is 52.7 Å². The standard InChI is InChI=1S/C49H71N7O11/c1-12-19-54(10)36-22-30(4)63-46(40(36)59)66-43-32(6)41(65-38(57)23-34-17-16-18-50-25-34)33(7)45(60)64-37(13-2)49(9)42(31(5)39(58)29(3)24-48(43,8)62-11)56(47(61)67-49)21-15-14-20-55-28-53-35-26-51-27-52-44(35)55/h12,16-18,25-33,36-37,40-43,46,59H,1,13-15,19-24H2,2-11H3/t29-,30+,31+,32+,33-,36-,37-,40+,41+,42-,43-,46-,48-,49-/m1/s1. The van der Waals surface area contributed by atoms with Crippen LogP contribution >= 0.6 is 0 Å². The van der Waals surface area contributed by atoms with E-state index in [1.165, 1.54) is 13.4 Å². The van der Waals surface area contributed by atoms with E-state index in [-0.39, 0.29) is 43.7 Å². The minimum Gasteiger partial charge on any atom is -0.461 e. The smallest absolute Gasteiger partial charge is 0.410 e. The molecule has 3 aromatic heterocycles. The van der Waals surface area contributed by atoms with Gasteiger partial charge in [0.1, 0.15) is 35.9 Å². The minimum absolute atomic E-state index is 0.104. The fourth-order valence-corrected chi connectivity index (χ4v) is 10.7. The Kier molecular flexibility index (Phi) is 16.9. The molecule has 3 aliphatic rings. The van der Waals surface area contributed by atoms with Crippen molar-refractivity contribution in [2.24, 2.45) is 23.7 Å². The van der Waals surface area contributed by atoms with E-state index in [4.69, 9.17) is 28.4 Å². The number of Topliss-reactive ketones (excluding diaryl/α,β-unsaturated/α-hetero) is 1. The summed E-state index contributed by atoms with van der Waals surface area (Å²) in [5, 5.41) is 11.9. The van der Waals surface area contributed by atoms with E-state index in [0.717, 1.165) is 0 Å². The van der Waals surface area contributed by atoms with Gasteiger partial charge < -0.3 is 43.0 Å². The average molecular weight is 934 g/mol. The summed E-state index contributed by atoms with van der Waals surface area (Å²) in [6.45, 7) is 19.5. The number of fused-ring (bicyclic) bond motifs is 2. The average Bonchev–Trinajstić information content (AvgIpc) is 3.84. The molecule has 0 radical (unpaired) electrons. The Morgan fingerprint density at radius 2 is 1.81 bits per heavy atom. The van der Waals surface area contributed by atoms with Gasteiger partial charge in [0, 0.05) is 62.9 Å². The van der Waals surface area contributed by atoms with Gasteiger partial charge in [0.25, 0.3) is 0 Å². The SMILES string of the molecule is C=CCN(C)[C@@H]1C[C@H](C)O[C@H](O[C@@H]2[C@@H](C)[C@H](OC(=O)Cc3cccnc3)[C@@H](C)C(=O)O[C@H](CC)[C@@]3(C)OC(=O)N(CCCCn4cnc5cncnc54)[C@@H]3[C@@H](C)C(=O)[C@H](C)C[C@@]2(C)OC)[C@H]1O. The normalized spacial score (nSPS) is 34.3. The van der Waals surface area contributed by atoms with Crippen LogP contribution in [0.2, 0.25) is 0 Å². The summed E-state index contributed by atoms with van der Waals surface area (Å²) < 4.78 is 40.6. The summed E-state index contributed by atoms with van der Waals surface area (Å²) in [5.74, 6) is -4.91. The van der Waals surface area contributed by atoms with E-state index in [1.54, 1.807) is 75.7 Å². The summed E-state index contributed by atoms with van der Waals surface area (Å²) in [6, 6.07) is 2.27. The van der Waals surface area contributed by atoms with Crippen molar-refractivity contribution in [2.45, 2.75) is 161 Å². The van der Waals surface area contributed by atoms with Gasteiger partial charge in [-0.3, -0.25) is 24.3 Å². The number of aliphatic hydroxyl groups is 1. The number of rotatable bonds is 15. The maximum absolute atomic E-state index is 15.0. The molecule has 0 bridgehead atoms. The van der Waals surface area contributed by atoms with Crippen molar-refractivity contribution in [3.63, 3.8) is 0 Å². The Hall–Kier alpha value is -4.88. The molecule has 67 heavy (non-hydrogen) atoms. The molecule has 0 unspecified atom stereocenters. The van der Waals surface area contributed by atoms with Crippen LogP contribution in [0.25, 0.3) is 11.2 Å². The number of aliphatic hydroxyl groups excluding tert-OH is 1. The molecule has 368 valence electrons. The van der Waals surface area contributed by atoms with Crippen molar-refractivity contribution in [3.05, 3.63) is 61.6 Å². The molecular weight excluding hydrogens is 863 g/mol. The first-order valence-corrected chi connectivity index (χ1v) is 23.7. The summed E-state index contributed by atoms with van der Waals surface area (Å²) >= 11 is 0. The van der Waals surface area contributed by atoms with Crippen molar-refractivity contribution in [1.29, 1.82) is 0 Å². The predicted octanol–water partition coefficient (Wildman–Crippen LogP) is 5.35. The molecule has 3 aliphatic heterocycles. The number of amides is 1. The van der Waals surface area contributed by atoms with Crippen LogP contribution in [0.15, 0.2) is 56.0 Å². The van der Waals surface area contributed by atoms with Gasteiger partial charge in [-0.2, -0.15) is 0 Å². The lowest BCUT2D eigenvalue weighted by molar-refractivity contribution is -0.302. The zero-order valence-corrected chi connectivity index (χ0v) is 40.8. The molecule has 0 saturated carbocycles. The second kappa shape index (κ2) is 22.0. The number of hydrogen-bond acceptors (Lipinski definition) is 16. The molecule has 6 heterocycles. The summed E-state index contributed by atoms with van der Waals surface area (Å²) in [4.78, 5) is 78.4. The molecule has 6 rings (SSSR count). The summed E-state index contributed by atoms with van der Waals surface area (Å²) in [7, 11) is 3.41. The number of pyridine rings is 1. The van der Waals surface area contributed by atoms with E-state index in [9.17, 15) is 19.5 Å². The highest BCUT2D eigenvalue weighted by atomic mass is 16.7. The molecule has 1 N–H and O–H groups in total. The molecule has 18 nitrogen and oxygen atoms in total. The number of cyclic esters (lactones) is 1. The van der Waals surface area contributed by atoms with E-state index in [2.05, 4.69) is 26.5 Å². The largest absolute Gasteiger partial charge is 0.461 e. The van der Waals surface area contributed by atoms with Gasteiger partial charge in [-0.1, -0.05) is 39.8 Å². The first-order valence-electron chi connectivity index (χ1n) is 23.7. The minimum atomic E-state index is -1.45. The number of hydrogen-bond donors (Lipinski definition) is 1. The number of carbonyl (C=O) groups excluding carboxylic acids is 4. The third-order valence-electron chi connectivity index (χ3n) is 14.3.